The lowest BCUT2D eigenvalue weighted by atomic mass is 9.99. The molecule has 0 amide bonds. The molecule has 1 saturated heterocycles. The predicted octanol–water partition coefficient (Wildman–Crippen LogP) is 3.93. The second-order valence-corrected chi connectivity index (χ2v) is 6.28. The third-order valence-corrected chi connectivity index (χ3v) is 4.59. The van der Waals surface area contributed by atoms with E-state index in [1.165, 1.54) is 12.5 Å². The highest BCUT2D eigenvalue weighted by Gasteiger charge is 2.22. The molecule has 0 saturated carbocycles. The summed E-state index contributed by atoms with van der Waals surface area (Å²) in [5.74, 6) is -0.333. The maximum Gasteiger partial charge on any atom is 0.280 e. The Labute approximate surface area is 146 Å². The van der Waals surface area contributed by atoms with Crippen molar-refractivity contribution in [1.29, 1.82) is 0 Å². The van der Waals surface area contributed by atoms with Crippen molar-refractivity contribution in [3.8, 4) is 0 Å². The molecule has 1 atom stereocenters. The van der Waals surface area contributed by atoms with Crippen LogP contribution < -0.4 is 0 Å². The van der Waals surface area contributed by atoms with Crippen molar-refractivity contribution in [2.75, 3.05) is 13.6 Å². The Morgan fingerprint density at radius 2 is 2.00 bits per heavy atom. The van der Waals surface area contributed by atoms with Gasteiger partial charge in [0, 0.05) is 17.7 Å². The molecule has 2 aromatic rings. The van der Waals surface area contributed by atoms with Crippen molar-refractivity contribution in [3.63, 3.8) is 0 Å². The number of nitrogens with zero attached hydrogens (tertiary/aromatic N) is 2. The average molecular weight is 336 g/mol. The highest BCUT2D eigenvalue weighted by atomic mass is 16.6. The minimum absolute atomic E-state index is 0.123. The summed E-state index contributed by atoms with van der Waals surface area (Å²) in [6, 6.07) is 13.7. The smallest absolute Gasteiger partial charge is 0.280 e. The van der Waals surface area contributed by atoms with Crippen LogP contribution in [0.3, 0.4) is 0 Å². The molecule has 3 rings (SSSR count). The summed E-state index contributed by atoms with van der Waals surface area (Å²) in [6.07, 6.45) is 6.32. The SMILES string of the molecule is CN1CCCC1/C=C/c1ccc([N+](=O)[O-])c(C(=O)c2ccccc2)c1. The fraction of sp³-hybridized carbons (Fsp3) is 0.250. The molecule has 1 fully saturated rings. The van der Waals surface area contributed by atoms with E-state index in [1.807, 2.05) is 12.1 Å². The molecule has 25 heavy (non-hydrogen) atoms. The topological polar surface area (TPSA) is 63.4 Å². The van der Waals surface area contributed by atoms with Crippen LogP contribution >= 0.6 is 0 Å². The van der Waals surface area contributed by atoms with Gasteiger partial charge in [0.15, 0.2) is 5.78 Å². The first-order chi connectivity index (χ1) is 12.1. The van der Waals surface area contributed by atoms with Crippen LogP contribution in [0, 0.1) is 10.1 Å². The van der Waals surface area contributed by atoms with Crippen LogP contribution in [0.2, 0.25) is 0 Å². The Morgan fingerprint density at radius 3 is 2.64 bits per heavy atom. The number of carbonyl (C=O) groups is 1. The van der Waals surface area contributed by atoms with Crippen molar-refractivity contribution in [2.24, 2.45) is 0 Å². The Bertz CT molecular complexity index is 815. The lowest BCUT2D eigenvalue weighted by Crippen LogP contribution is -2.22. The molecule has 0 bridgehead atoms. The summed E-state index contributed by atoms with van der Waals surface area (Å²) < 4.78 is 0. The van der Waals surface area contributed by atoms with Crippen LogP contribution in [-0.2, 0) is 0 Å². The molecule has 0 spiro atoms. The van der Waals surface area contributed by atoms with Gasteiger partial charge in [-0.2, -0.15) is 0 Å². The van der Waals surface area contributed by atoms with Gasteiger partial charge in [-0.3, -0.25) is 19.8 Å². The van der Waals surface area contributed by atoms with E-state index in [4.69, 9.17) is 0 Å². The van der Waals surface area contributed by atoms with Crippen molar-refractivity contribution in [1.82, 2.24) is 4.90 Å². The Morgan fingerprint density at radius 1 is 1.24 bits per heavy atom. The van der Waals surface area contributed by atoms with E-state index in [0.29, 0.717) is 11.6 Å². The number of likely N-dealkylation sites (N-methyl/N-ethyl adjacent to an activating group) is 1. The van der Waals surface area contributed by atoms with Gasteiger partial charge in [-0.1, -0.05) is 42.5 Å². The summed E-state index contributed by atoms with van der Waals surface area (Å²) in [5, 5.41) is 11.3. The summed E-state index contributed by atoms with van der Waals surface area (Å²) in [4.78, 5) is 25.8. The number of hydrogen-bond acceptors (Lipinski definition) is 4. The average Bonchev–Trinajstić information content (AvgIpc) is 3.04. The summed E-state index contributed by atoms with van der Waals surface area (Å²) in [5.41, 5.74) is 1.20. The van der Waals surface area contributed by atoms with Gasteiger partial charge in [0.2, 0.25) is 0 Å². The van der Waals surface area contributed by atoms with Crippen molar-refractivity contribution in [2.45, 2.75) is 18.9 Å². The molecule has 1 aliphatic rings. The Kier molecular flexibility index (Phi) is 5.05. The van der Waals surface area contributed by atoms with Crippen molar-refractivity contribution < 1.29 is 9.72 Å². The first-order valence-electron chi connectivity index (χ1n) is 8.33. The van der Waals surface area contributed by atoms with Crippen molar-refractivity contribution >= 4 is 17.5 Å². The number of rotatable bonds is 5. The van der Waals surface area contributed by atoms with Crippen LogP contribution in [0.25, 0.3) is 6.08 Å². The predicted molar refractivity (Wildman–Crippen MR) is 97.7 cm³/mol. The third-order valence-electron chi connectivity index (χ3n) is 4.59. The van der Waals surface area contributed by atoms with E-state index in [1.54, 1.807) is 36.4 Å². The van der Waals surface area contributed by atoms with Crippen molar-refractivity contribution in [3.05, 3.63) is 81.4 Å². The van der Waals surface area contributed by atoms with Gasteiger partial charge in [0.25, 0.3) is 5.69 Å². The zero-order chi connectivity index (χ0) is 17.8. The largest absolute Gasteiger partial charge is 0.300 e. The number of ketones is 1. The monoisotopic (exact) mass is 336 g/mol. The normalized spacial score (nSPS) is 17.9. The summed E-state index contributed by atoms with van der Waals surface area (Å²) in [7, 11) is 2.09. The van der Waals surface area contributed by atoms with Crippen LogP contribution in [0.1, 0.15) is 34.3 Å². The minimum Gasteiger partial charge on any atom is -0.300 e. The molecule has 0 aromatic heterocycles. The van der Waals surface area contributed by atoms with Crippen LogP contribution in [0.4, 0.5) is 5.69 Å². The quantitative estimate of drug-likeness (QED) is 0.471. The number of nitro groups is 1. The number of carbonyl (C=O) groups excluding carboxylic acids is 1. The molecular formula is C20H20N2O3. The maximum atomic E-state index is 12.7. The molecule has 0 radical (unpaired) electrons. The number of likely N-dealkylation sites (tertiary alicyclic amines) is 1. The highest BCUT2D eigenvalue weighted by Crippen LogP contribution is 2.25. The van der Waals surface area contributed by atoms with E-state index in [9.17, 15) is 14.9 Å². The van der Waals surface area contributed by atoms with Crippen LogP contribution in [-0.4, -0.2) is 35.2 Å². The van der Waals surface area contributed by atoms with Crippen LogP contribution in [0.15, 0.2) is 54.6 Å². The second kappa shape index (κ2) is 7.40. The van der Waals surface area contributed by atoms with Crippen LogP contribution in [0.5, 0.6) is 0 Å². The summed E-state index contributed by atoms with van der Waals surface area (Å²) >= 11 is 0. The summed E-state index contributed by atoms with van der Waals surface area (Å²) in [6.45, 7) is 1.08. The molecule has 2 aromatic carbocycles. The van der Waals surface area contributed by atoms with E-state index < -0.39 is 4.92 Å². The standard InChI is InChI=1S/C20H20N2O3/c1-21-13-5-8-17(21)11-9-15-10-12-19(22(24)25)18(14-15)20(23)16-6-3-2-4-7-16/h2-4,6-7,9-12,14,17H,5,8,13H2,1H3/b11-9+. The first-order valence-corrected chi connectivity index (χ1v) is 8.33. The van der Waals surface area contributed by atoms with E-state index in [2.05, 4.69) is 18.0 Å². The Balaban J connectivity index is 1.94. The van der Waals surface area contributed by atoms with Gasteiger partial charge < -0.3 is 0 Å². The minimum atomic E-state index is -0.506. The van der Waals surface area contributed by atoms with E-state index >= 15 is 0 Å². The highest BCUT2D eigenvalue weighted by molar-refractivity contribution is 6.11. The third kappa shape index (κ3) is 3.83. The zero-order valence-corrected chi connectivity index (χ0v) is 14.1. The first kappa shape index (κ1) is 17.0. The van der Waals surface area contributed by atoms with Gasteiger partial charge in [0.1, 0.15) is 5.56 Å². The molecule has 128 valence electrons. The fourth-order valence-corrected chi connectivity index (χ4v) is 3.14. The van der Waals surface area contributed by atoms with Gasteiger partial charge in [-0.05, 0) is 44.1 Å². The Hall–Kier alpha value is -2.79. The molecule has 5 heteroatoms. The lowest BCUT2D eigenvalue weighted by Gasteiger charge is -2.14. The number of benzene rings is 2. The molecule has 0 N–H and O–H groups in total. The molecular weight excluding hydrogens is 316 g/mol. The molecule has 1 aliphatic heterocycles. The molecule has 0 aliphatic carbocycles. The lowest BCUT2D eigenvalue weighted by molar-refractivity contribution is -0.385. The number of hydrogen-bond donors (Lipinski definition) is 0. The second-order valence-electron chi connectivity index (χ2n) is 6.28. The van der Waals surface area contributed by atoms with E-state index in [0.717, 1.165) is 18.5 Å². The van der Waals surface area contributed by atoms with E-state index in [-0.39, 0.29) is 17.0 Å². The molecule has 1 heterocycles. The van der Waals surface area contributed by atoms with Gasteiger partial charge in [0.05, 0.1) is 4.92 Å². The van der Waals surface area contributed by atoms with Gasteiger partial charge in [-0.25, -0.2) is 0 Å². The number of nitro benzene ring substituents is 1. The zero-order valence-electron chi connectivity index (χ0n) is 14.1. The van der Waals surface area contributed by atoms with Gasteiger partial charge in [-0.15, -0.1) is 0 Å². The fourth-order valence-electron chi connectivity index (χ4n) is 3.14. The molecule has 5 nitrogen and oxygen atoms in total. The molecule has 1 unspecified atom stereocenters. The maximum absolute atomic E-state index is 12.7. The van der Waals surface area contributed by atoms with Gasteiger partial charge >= 0.3 is 0 Å².